The van der Waals surface area contributed by atoms with Crippen molar-refractivity contribution in [3.8, 4) is 0 Å². The zero-order valence-corrected chi connectivity index (χ0v) is 16.5. The lowest BCUT2D eigenvalue weighted by Crippen LogP contribution is -2.43. The van der Waals surface area contributed by atoms with Crippen LogP contribution in [0.1, 0.15) is 49.6 Å². The first kappa shape index (κ1) is 19.5. The number of benzene rings is 1. The largest absolute Gasteiger partial charge is 0.330 e. The summed E-state index contributed by atoms with van der Waals surface area (Å²) in [4.78, 5) is 27.0. The molecular formula is C20H26N4O2S. The Labute approximate surface area is 164 Å². The fourth-order valence-electron chi connectivity index (χ4n) is 3.33. The number of aryl methyl sites for hydroxylation is 1. The molecule has 7 heteroatoms. The normalized spacial score (nSPS) is 16.5. The van der Waals surface area contributed by atoms with Crippen LogP contribution in [0.15, 0.2) is 30.3 Å². The third kappa shape index (κ3) is 5.35. The Hall–Kier alpha value is -2.28. The summed E-state index contributed by atoms with van der Waals surface area (Å²) in [6.45, 7) is 2.79. The molecule has 1 aromatic carbocycles. The van der Waals surface area contributed by atoms with Gasteiger partial charge in [0, 0.05) is 13.0 Å². The van der Waals surface area contributed by atoms with Gasteiger partial charge in [0.05, 0.1) is 6.42 Å². The minimum Gasteiger partial charge on any atom is -0.330 e. The van der Waals surface area contributed by atoms with E-state index in [-0.39, 0.29) is 11.8 Å². The maximum atomic E-state index is 12.7. The van der Waals surface area contributed by atoms with Crippen molar-refractivity contribution in [1.82, 2.24) is 15.1 Å². The van der Waals surface area contributed by atoms with Crippen molar-refractivity contribution in [2.45, 2.75) is 57.9 Å². The highest BCUT2D eigenvalue weighted by Crippen LogP contribution is 2.22. The highest BCUT2D eigenvalue weighted by molar-refractivity contribution is 7.15. The summed E-state index contributed by atoms with van der Waals surface area (Å²) in [5.41, 5.74) is 0.967. The van der Waals surface area contributed by atoms with Crippen LogP contribution in [0.5, 0.6) is 0 Å². The third-order valence-electron chi connectivity index (χ3n) is 4.77. The standard InChI is InChI=1S/C20H26N4O2S/c1-2-3-5-12-17-22-23-20(27-17)21-19(26)16-11-8-13-24(16)18(25)14-15-9-6-4-7-10-15/h4,6-7,9-10,16H,2-3,5,8,11-14H2,1H3,(H,21,23,26). The maximum Gasteiger partial charge on any atom is 0.249 e. The van der Waals surface area contributed by atoms with E-state index in [9.17, 15) is 9.59 Å². The van der Waals surface area contributed by atoms with Gasteiger partial charge in [0.25, 0.3) is 0 Å². The van der Waals surface area contributed by atoms with Crippen LogP contribution in [0.4, 0.5) is 5.13 Å². The summed E-state index contributed by atoms with van der Waals surface area (Å²) in [6.07, 6.45) is 6.17. The molecule has 1 unspecified atom stereocenters. The van der Waals surface area contributed by atoms with Crippen molar-refractivity contribution in [3.63, 3.8) is 0 Å². The van der Waals surface area contributed by atoms with Gasteiger partial charge in [0.2, 0.25) is 16.9 Å². The van der Waals surface area contributed by atoms with E-state index >= 15 is 0 Å². The van der Waals surface area contributed by atoms with Crippen molar-refractivity contribution in [2.24, 2.45) is 0 Å². The summed E-state index contributed by atoms with van der Waals surface area (Å²) >= 11 is 1.43. The Kier molecular flexibility index (Phi) is 6.92. The first-order valence-electron chi connectivity index (χ1n) is 9.64. The molecule has 1 fully saturated rings. The number of unbranched alkanes of at least 4 members (excludes halogenated alkanes) is 2. The molecule has 2 heterocycles. The number of amides is 2. The Morgan fingerprint density at radius 2 is 2.04 bits per heavy atom. The number of hydrogen-bond donors (Lipinski definition) is 1. The Balaban J connectivity index is 1.56. The molecule has 0 spiro atoms. The molecule has 0 radical (unpaired) electrons. The van der Waals surface area contributed by atoms with Gasteiger partial charge in [-0.15, -0.1) is 10.2 Å². The second-order valence-electron chi connectivity index (χ2n) is 6.85. The number of aromatic nitrogens is 2. The number of anilines is 1. The first-order chi connectivity index (χ1) is 13.2. The monoisotopic (exact) mass is 386 g/mol. The number of hydrogen-bond acceptors (Lipinski definition) is 5. The van der Waals surface area contributed by atoms with Crippen LogP contribution in [0.2, 0.25) is 0 Å². The number of rotatable bonds is 8. The zero-order chi connectivity index (χ0) is 19.1. The predicted octanol–water partition coefficient (Wildman–Crippen LogP) is 3.44. The molecule has 3 rings (SSSR count). The van der Waals surface area contributed by atoms with Gasteiger partial charge in [-0.3, -0.25) is 14.9 Å². The second-order valence-corrected chi connectivity index (χ2v) is 7.92. The lowest BCUT2D eigenvalue weighted by atomic mass is 10.1. The molecule has 1 aromatic heterocycles. The first-order valence-corrected chi connectivity index (χ1v) is 10.5. The Morgan fingerprint density at radius 3 is 2.81 bits per heavy atom. The predicted molar refractivity (Wildman–Crippen MR) is 107 cm³/mol. The van der Waals surface area contributed by atoms with E-state index in [1.165, 1.54) is 17.8 Å². The molecule has 6 nitrogen and oxygen atoms in total. The molecule has 2 aromatic rings. The molecule has 0 bridgehead atoms. The summed E-state index contributed by atoms with van der Waals surface area (Å²) in [5, 5.41) is 12.6. The molecule has 0 saturated carbocycles. The van der Waals surface area contributed by atoms with E-state index in [0.29, 0.717) is 24.5 Å². The van der Waals surface area contributed by atoms with Gasteiger partial charge in [-0.05, 0) is 24.8 Å². The van der Waals surface area contributed by atoms with Crippen LogP contribution in [0.3, 0.4) is 0 Å². The average Bonchev–Trinajstić information content (AvgIpc) is 3.32. The van der Waals surface area contributed by atoms with E-state index in [0.717, 1.165) is 36.3 Å². The quantitative estimate of drug-likeness (QED) is 0.705. The molecule has 0 aliphatic carbocycles. The number of nitrogens with one attached hydrogen (secondary N) is 1. The lowest BCUT2D eigenvalue weighted by molar-refractivity contribution is -0.136. The molecule has 1 aliphatic heterocycles. The molecule has 1 saturated heterocycles. The van der Waals surface area contributed by atoms with Crippen LogP contribution in [0, 0.1) is 0 Å². The van der Waals surface area contributed by atoms with Crippen LogP contribution < -0.4 is 5.32 Å². The van der Waals surface area contributed by atoms with Crippen molar-refractivity contribution in [3.05, 3.63) is 40.9 Å². The molecular weight excluding hydrogens is 360 g/mol. The smallest absolute Gasteiger partial charge is 0.249 e. The van der Waals surface area contributed by atoms with Gasteiger partial charge in [-0.1, -0.05) is 61.4 Å². The molecule has 1 atom stereocenters. The zero-order valence-electron chi connectivity index (χ0n) is 15.7. The molecule has 1 N–H and O–H groups in total. The van der Waals surface area contributed by atoms with E-state index in [2.05, 4.69) is 22.4 Å². The van der Waals surface area contributed by atoms with Crippen LogP contribution in [-0.4, -0.2) is 39.5 Å². The Bertz CT molecular complexity index is 762. The molecule has 144 valence electrons. The maximum absolute atomic E-state index is 12.7. The SMILES string of the molecule is CCCCCc1nnc(NC(=O)C2CCCN2C(=O)Cc2ccccc2)s1. The highest BCUT2D eigenvalue weighted by Gasteiger charge is 2.34. The minimum absolute atomic E-state index is 0.00336. The average molecular weight is 387 g/mol. The van der Waals surface area contributed by atoms with Gasteiger partial charge in [0.1, 0.15) is 11.0 Å². The molecule has 1 aliphatic rings. The lowest BCUT2D eigenvalue weighted by Gasteiger charge is -2.23. The second kappa shape index (κ2) is 9.60. The van der Waals surface area contributed by atoms with E-state index in [1.54, 1.807) is 4.90 Å². The van der Waals surface area contributed by atoms with Crippen LogP contribution in [-0.2, 0) is 22.4 Å². The van der Waals surface area contributed by atoms with Crippen LogP contribution >= 0.6 is 11.3 Å². The van der Waals surface area contributed by atoms with Crippen LogP contribution in [0.25, 0.3) is 0 Å². The fourth-order valence-corrected chi connectivity index (χ4v) is 4.11. The Morgan fingerprint density at radius 1 is 1.22 bits per heavy atom. The van der Waals surface area contributed by atoms with E-state index < -0.39 is 6.04 Å². The van der Waals surface area contributed by atoms with E-state index in [1.807, 2.05) is 30.3 Å². The van der Waals surface area contributed by atoms with Gasteiger partial charge in [-0.2, -0.15) is 0 Å². The van der Waals surface area contributed by atoms with Crippen molar-refractivity contribution in [2.75, 3.05) is 11.9 Å². The van der Waals surface area contributed by atoms with Crippen molar-refractivity contribution >= 4 is 28.3 Å². The van der Waals surface area contributed by atoms with E-state index in [4.69, 9.17) is 0 Å². The van der Waals surface area contributed by atoms with Crippen molar-refractivity contribution < 1.29 is 9.59 Å². The third-order valence-corrected chi connectivity index (χ3v) is 5.66. The highest BCUT2D eigenvalue weighted by atomic mass is 32.1. The van der Waals surface area contributed by atoms with Gasteiger partial charge in [-0.25, -0.2) is 0 Å². The van der Waals surface area contributed by atoms with Gasteiger partial charge < -0.3 is 4.90 Å². The summed E-state index contributed by atoms with van der Waals surface area (Å²) in [6, 6.07) is 9.22. The number of carbonyl (C=O) groups is 2. The summed E-state index contributed by atoms with van der Waals surface area (Å²) in [7, 11) is 0. The number of likely N-dealkylation sites (tertiary alicyclic amines) is 1. The minimum atomic E-state index is -0.423. The summed E-state index contributed by atoms with van der Waals surface area (Å²) < 4.78 is 0. The molecule has 2 amide bonds. The number of nitrogens with zero attached hydrogens (tertiary/aromatic N) is 3. The van der Waals surface area contributed by atoms with Gasteiger partial charge >= 0.3 is 0 Å². The topological polar surface area (TPSA) is 75.2 Å². The number of carbonyl (C=O) groups excluding carboxylic acids is 2. The molecule has 27 heavy (non-hydrogen) atoms. The fraction of sp³-hybridized carbons (Fsp3) is 0.500. The van der Waals surface area contributed by atoms with Gasteiger partial charge in [0.15, 0.2) is 0 Å². The van der Waals surface area contributed by atoms with Crippen molar-refractivity contribution in [1.29, 1.82) is 0 Å². The summed E-state index contributed by atoms with van der Waals surface area (Å²) in [5.74, 6) is -0.165.